The van der Waals surface area contributed by atoms with Crippen LogP contribution in [0.4, 0.5) is 0 Å². The molecule has 1 atom stereocenters. The first-order valence-electron chi connectivity index (χ1n) is 7.56. The highest BCUT2D eigenvalue weighted by Gasteiger charge is 2.13. The number of rotatable bonds is 3. The summed E-state index contributed by atoms with van der Waals surface area (Å²) in [5.74, 6) is 0. The molecule has 0 aromatic heterocycles. The maximum Gasteiger partial charge on any atom is 0.104 e. The Bertz CT molecular complexity index is 758. The van der Waals surface area contributed by atoms with Crippen LogP contribution in [-0.2, 0) is 0 Å². The minimum absolute atomic E-state index is 0.579. The Morgan fingerprint density at radius 3 is 2.05 bits per heavy atom. The molecule has 0 aliphatic carbocycles. The molecule has 1 nitrogen and oxygen atoms in total. The van der Waals surface area contributed by atoms with E-state index in [1.165, 1.54) is 11.1 Å². The summed E-state index contributed by atoms with van der Waals surface area (Å²) in [6, 6.07) is 24.6. The summed E-state index contributed by atoms with van der Waals surface area (Å²) in [4.78, 5) is 0. The SMILES string of the molecule is Cc1ccc(C)c([C@@H](O)c2ccc(-c3ccccc3)cc2)c1. The lowest BCUT2D eigenvalue weighted by molar-refractivity contribution is 0.219. The van der Waals surface area contributed by atoms with Crippen LogP contribution in [0.15, 0.2) is 72.8 Å². The van der Waals surface area contributed by atoms with Gasteiger partial charge in [-0.25, -0.2) is 0 Å². The molecule has 0 bridgehead atoms. The summed E-state index contributed by atoms with van der Waals surface area (Å²) < 4.78 is 0. The molecule has 0 saturated carbocycles. The van der Waals surface area contributed by atoms with Crippen LogP contribution in [0.2, 0.25) is 0 Å². The van der Waals surface area contributed by atoms with Crippen LogP contribution in [0.3, 0.4) is 0 Å². The normalized spacial score (nSPS) is 12.1. The first-order valence-corrected chi connectivity index (χ1v) is 7.56. The monoisotopic (exact) mass is 288 g/mol. The van der Waals surface area contributed by atoms with Crippen molar-refractivity contribution in [2.45, 2.75) is 20.0 Å². The third-order valence-corrected chi connectivity index (χ3v) is 4.06. The van der Waals surface area contributed by atoms with E-state index in [0.717, 1.165) is 22.3 Å². The second-order valence-corrected chi connectivity index (χ2v) is 5.75. The molecule has 0 aliphatic heterocycles. The number of hydrogen-bond donors (Lipinski definition) is 1. The van der Waals surface area contributed by atoms with Crippen LogP contribution < -0.4 is 0 Å². The van der Waals surface area contributed by atoms with Crippen molar-refractivity contribution in [2.24, 2.45) is 0 Å². The van der Waals surface area contributed by atoms with Crippen LogP contribution >= 0.6 is 0 Å². The average molecular weight is 288 g/mol. The van der Waals surface area contributed by atoms with Crippen molar-refractivity contribution in [2.75, 3.05) is 0 Å². The molecule has 0 saturated heterocycles. The van der Waals surface area contributed by atoms with Crippen molar-refractivity contribution in [3.63, 3.8) is 0 Å². The highest BCUT2D eigenvalue weighted by atomic mass is 16.3. The summed E-state index contributed by atoms with van der Waals surface area (Å²) >= 11 is 0. The van der Waals surface area contributed by atoms with E-state index in [0.29, 0.717) is 0 Å². The van der Waals surface area contributed by atoms with E-state index in [-0.39, 0.29) is 0 Å². The highest BCUT2D eigenvalue weighted by molar-refractivity contribution is 5.63. The Hall–Kier alpha value is -2.38. The Morgan fingerprint density at radius 2 is 1.36 bits per heavy atom. The van der Waals surface area contributed by atoms with Gasteiger partial charge < -0.3 is 5.11 Å². The van der Waals surface area contributed by atoms with Crippen molar-refractivity contribution in [1.29, 1.82) is 0 Å². The van der Waals surface area contributed by atoms with Gasteiger partial charge in [-0.05, 0) is 41.7 Å². The second-order valence-electron chi connectivity index (χ2n) is 5.75. The van der Waals surface area contributed by atoms with Gasteiger partial charge in [-0.1, -0.05) is 78.4 Å². The molecule has 3 rings (SSSR count). The topological polar surface area (TPSA) is 20.2 Å². The van der Waals surface area contributed by atoms with Crippen LogP contribution in [0.5, 0.6) is 0 Å². The lowest BCUT2D eigenvalue weighted by Gasteiger charge is -2.15. The molecule has 1 heteroatoms. The van der Waals surface area contributed by atoms with E-state index >= 15 is 0 Å². The third-order valence-electron chi connectivity index (χ3n) is 4.06. The molecule has 1 N–H and O–H groups in total. The average Bonchev–Trinajstić information content (AvgIpc) is 2.57. The van der Waals surface area contributed by atoms with Gasteiger partial charge in [0.25, 0.3) is 0 Å². The van der Waals surface area contributed by atoms with Gasteiger partial charge in [0.1, 0.15) is 6.10 Å². The molecular formula is C21H20O. The number of aliphatic hydroxyl groups excluding tert-OH is 1. The Labute approximate surface area is 131 Å². The summed E-state index contributed by atoms with van der Waals surface area (Å²) in [7, 11) is 0. The predicted molar refractivity (Wildman–Crippen MR) is 91.9 cm³/mol. The van der Waals surface area contributed by atoms with Crippen molar-refractivity contribution >= 4 is 0 Å². The maximum atomic E-state index is 10.7. The molecule has 0 unspecified atom stereocenters. The van der Waals surface area contributed by atoms with E-state index in [4.69, 9.17) is 0 Å². The van der Waals surface area contributed by atoms with Gasteiger partial charge in [0.05, 0.1) is 0 Å². The zero-order chi connectivity index (χ0) is 15.5. The molecule has 0 amide bonds. The van der Waals surface area contributed by atoms with Crippen LogP contribution in [-0.4, -0.2) is 5.11 Å². The Kier molecular flexibility index (Phi) is 4.08. The summed E-state index contributed by atoms with van der Waals surface area (Å²) in [6.07, 6.45) is -0.579. The van der Waals surface area contributed by atoms with Gasteiger partial charge in [-0.15, -0.1) is 0 Å². The first kappa shape index (κ1) is 14.6. The summed E-state index contributed by atoms with van der Waals surface area (Å²) in [6.45, 7) is 4.09. The van der Waals surface area contributed by atoms with E-state index in [2.05, 4.69) is 42.5 Å². The fourth-order valence-electron chi connectivity index (χ4n) is 2.72. The van der Waals surface area contributed by atoms with E-state index in [1.54, 1.807) is 0 Å². The van der Waals surface area contributed by atoms with Crippen LogP contribution in [0, 0.1) is 13.8 Å². The predicted octanol–water partition coefficient (Wildman–Crippen LogP) is 5.05. The van der Waals surface area contributed by atoms with E-state index < -0.39 is 6.10 Å². The van der Waals surface area contributed by atoms with Gasteiger partial charge in [0.2, 0.25) is 0 Å². The fraction of sp³-hybridized carbons (Fsp3) is 0.143. The van der Waals surface area contributed by atoms with Crippen LogP contribution in [0.25, 0.3) is 11.1 Å². The fourth-order valence-corrected chi connectivity index (χ4v) is 2.72. The third kappa shape index (κ3) is 2.95. The van der Waals surface area contributed by atoms with Gasteiger partial charge in [0.15, 0.2) is 0 Å². The largest absolute Gasteiger partial charge is 0.384 e. The van der Waals surface area contributed by atoms with Gasteiger partial charge in [-0.3, -0.25) is 0 Å². The first-order chi connectivity index (χ1) is 10.6. The summed E-state index contributed by atoms with van der Waals surface area (Å²) in [5, 5.41) is 10.7. The molecular weight excluding hydrogens is 268 g/mol. The molecule has 0 aliphatic rings. The van der Waals surface area contributed by atoms with Gasteiger partial charge in [0, 0.05) is 0 Å². The number of hydrogen-bond acceptors (Lipinski definition) is 1. The number of aliphatic hydroxyl groups is 1. The van der Waals surface area contributed by atoms with Crippen molar-refractivity contribution in [3.05, 3.63) is 95.1 Å². The smallest absolute Gasteiger partial charge is 0.104 e. The molecule has 0 spiro atoms. The van der Waals surface area contributed by atoms with Crippen LogP contribution in [0.1, 0.15) is 28.4 Å². The highest BCUT2D eigenvalue weighted by Crippen LogP contribution is 2.28. The van der Waals surface area contributed by atoms with E-state index in [9.17, 15) is 5.11 Å². The van der Waals surface area contributed by atoms with Crippen molar-refractivity contribution < 1.29 is 5.11 Å². The minimum Gasteiger partial charge on any atom is -0.384 e. The van der Waals surface area contributed by atoms with Crippen molar-refractivity contribution in [1.82, 2.24) is 0 Å². The maximum absolute atomic E-state index is 10.7. The zero-order valence-corrected chi connectivity index (χ0v) is 13.0. The standard InChI is InChI=1S/C21H20O/c1-15-8-9-16(2)20(14-15)21(22)19-12-10-18(11-13-19)17-6-4-3-5-7-17/h3-14,21-22H,1-2H3/t21-/m0/s1. The quantitative estimate of drug-likeness (QED) is 0.715. The Morgan fingerprint density at radius 1 is 0.727 bits per heavy atom. The molecule has 3 aromatic rings. The minimum atomic E-state index is -0.579. The molecule has 0 radical (unpaired) electrons. The van der Waals surface area contributed by atoms with Gasteiger partial charge >= 0.3 is 0 Å². The zero-order valence-electron chi connectivity index (χ0n) is 13.0. The van der Waals surface area contributed by atoms with E-state index in [1.807, 2.05) is 44.2 Å². The molecule has 0 heterocycles. The second kappa shape index (κ2) is 6.17. The lowest BCUT2D eigenvalue weighted by atomic mass is 9.94. The molecule has 110 valence electrons. The number of benzene rings is 3. The Balaban J connectivity index is 1.91. The van der Waals surface area contributed by atoms with Gasteiger partial charge in [-0.2, -0.15) is 0 Å². The molecule has 22 heavy (non-hydrogen) atoms. The molecule has 3 aromatic carbocycles. The van der Waals surface area contributed by atoms with Crippen molar-refractivity contribution in [3.8, 4) is 11.1 Å². The summed E-state index contributed by atoms with van der Waals surface area (Å²) in [5.41, 5.74) is 6.54. The lowest BCUT2D eigenvalue weighted by Crippen LogP contribution is -2.02. The molecule has 0 fully saturated rings. The number of aryl methyl sites for hydroxylation is 2.